The van der Waals surface area contributed by atoms with Crippen LogP contribution in [0.3, 0.4) is 0 Å². The lowest BCUT2D eigenvalue weighted by molar-refractivity contribution is 0.348. The molecule has 0 aromatic carbocycles. The van der Waals surface area contributed by atoms with Gasteiger partial charge in [-0.25, -0.2) is 8.42 Å². The molecule has 1 saturated heterocycles. The van der Waals surface area contributed by atoms with Crippen LogP contribution in [-0.4, -0.2) is 36.3 Å². The van der Waals surface area contributed by atoms with Crippen molar-refractivity contribution >= 4 is 21.6 Å². The molecular formula is C10H15ClN2O3S. The van der Waals surface area contributed by atoms with Crippen LogP contribution in [0.1, 0.15) is 24.3 Å². The lowest BCUT2D eigenvalue weighted by Crippen LogP contribution is -2.39. The molecule has 0 atom stereocenters. The third kappa shape index (κ3) is 2.34. The van der Waals surface area contributed by atoms with Gasteiger partial charge in [-0.15, -0.1) is 11.6 Å². The third-order valence-electron chi connectivity index (χ3n) is 2.95. The monoisotopic (exact) mass is 278 g/mol. The van der Waals surface area contributed by atoms with Gasteiger partial charge in [0.25, 0.3) is 0 Å². The van der Waals surface area contributed by atoms with E-state index in [1.54, 1.807) is 13.8 Å². The first-order valence-electron chi connectivity index (χ1n) is 5.50. The zero-order chi connectivity index (χ0) is 12.6. The first-order valence-corrected chi connectivity index (χ1v) is 7.37. The summed E-state index contributed by atoms with van der Waals surface area (Å²) in [5.74, 6) is 0.343. The van der Waals surface area contributed by atoms with E-state index in [4.69, 9.17) is 16.1 Å². The van der Waals surface area contributed by atoms with Gasteiger partial charge in [0, 0.05) is 18.5 Å². The zero-order valence-corrected chi connectivity index (χ0v) is 11.4. The fraction of sp³-hybridized carbons (Fsp3) is 0.700. The second kappa shape index (κ2) is 4.59. The Bertz CT molecular complexity index is 484. The highest BCUT2D eigenvalue weighted by molar-refractivity contribution is 7.89. The van der Waals surface area contributed by atoms with Crippen molar-refractivity contribution in [2.75, 3.05) is 13.1 Å². The summed E-state index contributed by atoms with van der Waals surface area (Å²) in [6, 6.07) is 0. The minimum absolute atomic E-state index is 0.0751. The largest absolute Gasteiger partial charge is 0.360 e. The molecule has 1 fully saturated rings. The van der Waals surface area contributed by atoms with E-state index in [0.717, 1.165) is 0 Å². The van der Waals surface area contributed by atoms with Crippen molar-refractivity contribution in [3.8, 4) is 0 Å². The fourth-order valence-electron chi connectivity index (χ4n) is 2.04. The summed E-state index contributed by atoms with van der Waals surface area (Å²) in [5.41, 5.74) is 0.412. The molecule has 0 N–H and O–H groups in total. The Morgan fingerprint density at radius 3 is 2.41 bits per heavy atom. The Labute approximate surface area is 106 Å². The first-order chi connectivity index (χ1) is 7.93. The van der Waals surface area contributed by atoms with E-state index in [9.17, 15) is 8.42 Å². The number of alkyl halides is 1. The molecule has 0 unspecified atom stereocenters. The number of aromatic nitrogens is 1. The van der Waals surface area contributed by atoms with E-state index < -0.39 is 10.0 Å². The van der Waals surface area contributed by atoms with Gasteiger partial charge in [0.1, 0.15) is 10.6 Å². The zero-order valence-electron chi connectivity index (χ0n) is 9.81. The Morgan fingerprint density at radius 1 is 1.35 bits per heavy atom. The highest BCUT2D eigenvalue weighted by Crippen LogP contribution is 2.26. The van der Waals surface area contributed by atoms with Crippen molar-refractivity contribution < 1.29 is 12.9 Å². The highest BCUT2D eigenvalue weighted by atomic mass is 35.5. The van der Waals surface area contributed by atoms with E-state index in [2.05, 4.69) is 5.16 Å². The van der Waals surface area contributed by atoms with Gasteiger partial charge in [0.05, 0.1) is 0 Å². The van der Waals surface area contributed by atoms with Crippen LogP contribution >= 0.6 is 11.6 Å². The summed E-state index contributed by atoms with van der Waals surface area (Å²) in [6.45, 7) is 4.17. The molecule has 0 aliphatic carbocycles. The fourth-order valence-corrected chi connectivity index (χ4v) is 3.99. The molecule has 0 amide bonds. The summed E-state index contributed by atoms with van der Waals surface area (Å²) in [6.07, 6.45) is 1.37. The number of halogens is 1. The molecule has 5 nitrogen and oxygen atoms in total. The maximum Gasteiger partial charge on any atom is 0.248 e. The maximum atomic E-state index is 12.4. The second-order valence-electron chi connectivity index (χ2n) is 4.23. The van der Waals surface area contributed by atoms with Crippen LogP contribution in [0.15, 0.2) is 9.42 Å². The number of piperidine rings is 1. The minimum atomic E-state index is -3.49. The van der Waals surface area contributed by atoms with Crippen LogP contribution in [0.5, 0.6) is 0 Å². The molecule has 1 aliphatic rings. The summed E-state index contributed by atoms with van der Waals surface area (Å²) >= 11 is 5.97. The van der Waals surface area contributed by atoms with Crippen molar-refractivity contribution in [2.24, 2.45) is 0 Å². The van der Waals surface area contributed by atoms with Gasteiger partial charge in [-0.2, -0.15) is 4.31 Å². The van der Waals surface area contributed by atoms with E-state index in [0.29, 0.717) is 37.4 Å². The molecule has 2 rings (SSSR count). The lowest BCUT2D eigenvalue weighted by Gasteiger charge is -2.28. The molecule has 17 heavy (non-hydrogen) atoms. The normalized spacial score (nSPS) is 19.7. The molecule has 0 bridgehead atoms. The molecule has 2 heterocycles. The van der Waals surface area contributed by atoms with Crippen molar-refractivity contribution in [1.29, 1.82) is 0 Å². The summed E-state index contributed by atoms with van der Waals surface area (Å²) in [7, 11) is -3.49. The molecule has 1 aromatic rings. The van der Waals surface area contributed by atoms with Crippen LogP contribution in [0.25, 0.3) is 0 Å². The van der Waals surface area contributed by atoms with E-state index in [-0.39, 0.29) is 10.3 Å². The lowest BCUT2D eigenvalue weighted by atomic mass is 10.2. The third-order valence-corrected chi connectivity index (χ3v) is 5.53. The highest BCUT2D eigenvalue weighted by Gasteiger charge is 2.33. The van der Waals surface area contributed by atoms with Crippen LogP contribution in [0.2, 0.25) is 0 Å². The predicted molar refractivity (Wildman–Crippen MR) is 63.6 cm³/mol. The van der Waals surface area contributed by atoms with Crippen molar-refractivity contribution in [1.82, 2.24) is 9.46 Å². The number of rotatable bonds is 2. The number of hydrogen-bond donors (Lipinski definition) is 0. The molecule has 0 saturated carbocycles. The minimum Gasteiger partial charge on any atom is -0.360 e. The molecule has 7 heteroatoms. The predicted octanol–water partition coefficient (Wildman–Crippen LogP) is 1.68. The Hall–Kier alpha value is -0.590. The van der Waals surface area contributed by atoms with Crippen LogP contribution in [0, 0.1) is 13.8 Å². The Kier molecular flexibility index (Phi) is 3.47. The van der Waals surface area contributed by atoms with Gasteiger partial charge >= 0.3 is 0 Å². The number of nitrogens with zero attached hydrogens (tertiary/aromatic N) is 2. The molecular weight excluding hydrogens is 264 g/mol. The van der Waals surface area contributed by atoms with E-state index in [1.165, 1.54) is 4.31 Å². The molecule has 96 valence electrons. The van der Waals surface area contributed by atoms with Gasteiger partial charge in [0.15, 0.2) is 5.76 Å². The van der Waals surface area contributed by atoms with E-state index >= 15 is 0 Å². The summed E-state index contributed by atoms with van der Waals surface area (Å²) < 4.78 is 31.1. The summed E-state index contributed by atoms with van der Waals surface area (Å²) in [4.78, 5) is 0.200. The van der Waals surface area contributed by atoms with Gasteiger partial charge in [-0.3, -0.25) is 0 Å². The van der Waals surface area contributed by atoms with Gasteiger partial charge in [0.2, 0.25) is 10.0 Å². The van der Waals surface area contributed by atoms with Gasteiger partial charge < -0.3 is 4.52 Å². The SMILES string of the molecule is Cc1noc(C)c1S(=O)(=O)N1CCC(Cl)CC1. The topological polar surface area (TPSA) is 63.4 Å². The van der Waals surface area contributed by atoms with Crippen molar-refractivity contribution in [3.05, 3.63) is 11.5 Å². The average molecular weight is 279 g/mol. The molecule has 1 aliphatic heterocycles. The Balaban J connectivity index is 2.31. The van der Waals surface area contributed by atoms with Gasteiger partial charge in [-0.05, 0) is 26.7 Å². The average Bonchev–Trinajstić information content (AvgIpc) is 2.59. The number of sulfonamides is 1. The quantitative estimate of drug-likeness (QED) is 0.772. The second-order valence-corrected chi connectivity index (χ2v) is 6.72. The summed E-state index contributed by atoms with van der Waals surface area (Å²) in [5, 5.41) is 3.76. The van der Waals surface area contributed by atoms with Crippen molar-refractivity contribution in [2.45, 2.75) is 37.0 Å². The smallest absolute Gasteiger partial charge is 0.248 e. The van der Waals surface area contributed by atoms with Gasteiger partial charge in [-0.1, -0.05) is 5.16 Å². The maximum absolute atomic E-state index is 12.4. The molecule has 1 aromatic heterocycles. The van der Waals surface area contributed by atoms with E-state index in [1.807, 2.05) is 0 Å². The Morgan fingerprint density at radius 2 is 1.94 bits per heavy atom. The first kappa shape index (κ1) is 12.9. The standard InChI is InChI=1S/C10H15ClN2O3S/c1-7-10(8(2)16-12-7)17(14,15)13-5-3-9(11)4-6-13/h9H,3-6H2,1-2H3. The van der Waals surface area contributed by atoms with Crippen molar-refractivity contribution in [3.63, 3.8) is 0 Å². The van der Waals surface area contributed by atoms with Crippen LogP contribution in [0.4, 0.5) is 0 Å². The molecule has 0 radical (unpaired) electrons. The van der Waals surface area contributed by atoms with Crippen LogP contribution < -0.4 is 0 Å². The number of hydrogen-bond acceptors (Lipinski definition) is 4. The molecule has 0 spiro atoms. The number of aryl methyl sites for hydroxylation is 2. The van der Waals surface area contributed by atoms with Crippen LogP contribution in [-0.2, 0) is 10.0 Å².